The summed E-state index contributed by atoms with van der Waals surface area (Å²) in [6, 6.07) is 13.4. The van der Waals surface area contributed by atoms with Crippen LogP contribution in [-0.4, -0.2) is 24.6 Å². The fraction of sp³-hybridized carbons (Fsp3) is 0.333. The number of ether oxygens (including phenoxy) is 1. The topological polar surface area (TPSA) is 12.5 Å². The van der Waals surface area contributed by atoms with E-state index in [1.807, 2.05) is 12.1 Å². The summed E-state index contributed by atoms with van der Waals surface area (Å²) in [5, 5.41) is 0. The highest BCUT2D eigenvalue weighted by atomic mass is 19.1. The molecule has 27 heavy (non-hydrogen) atoms. The molecule has 0 atom stereocenters. The van der Waals surface area contributed by atoms with Gasteiger partial charge < -0.3 is 9.64 Å². The van der Waals surface area contributed by atoms with Gasteiger partial charge in [0.1, 0.15) is 11.6 Å². The number of aryl methyl sites for hydroxylation is 2. The van der Waals surface area contributed by atoms with Gasteiger partial charge in [-0.05, 0) is 90.9 Å². The first-order valence-electron chi connectivity index (χ1n) is 9.79. The Labute approximate surface area is 161 Å². The molecule has 140 valence electrons. The molecule has 2 aromatic carbocycles. The number of allylic oxidation sites excluding steroid dienone is 1. The summed E-state index contributed by atoms with van der Waals surface area (Å²) in [5.74, 6) is 0.794. The molecular weight excluding hydrogens is 337 g/mol. The monoisotopic (exact) mass is 363 g/mol. The standard InChI is InChI=1S/C24H26FNO/c1-18-21(17-26-13-5-14-26)10-9-20-16-22(11-12-23(18)20)27-15-4-7-19-6-2-3-8-24(19)25/h2-3,5-6,8,11-13,16H,4,7,9-10,14-15,17H2,1H3. The first kappa shape index (κ1) is 17.8. The Morgan fingerprint density at radius 1 is 1.11 bits per heavy atom. The summed E-state index contributed by atoms with van der Waals surface area (Å²) in [5.41, 5.74) is 6.46. The Kier molecular flexibility index (Phi) is 5.28. The third-order valence-electron chi connectivity index (χ3n) is 5.57. The van der Waals surface area contributed by atoms with Crippen LogP contribution in [0.2, 0.25) is 0 Å². The first-order chi connectivity index (χ1) is 13.2. The fourth-order valence-electron chi connectivity index (χ4n) is 3.86. The summed E-state index contributed by atoms with van der Waals surface area (Å²) >= 11 is 0. The lowest BCUT2D eigenvalue weighted by Gasteiger charge is -2.30. The average Bonchev–Trinajstić information content (AvgIpc) is 2.64. The van der Waals surface area contributed by atoms with Crippen LogP contribution < -0.4 is 4.74 Å². The number of rotatable bonds is 7. The number of halogens is 1. The minimum Gasteiger partial charge on any atom is -0.494 e. The Balaban J connectivity index is 1.35. The molecule has 0 saturated heterocycles. The third-order valence-corrected chi connectivity index (χ3v) is 5.57. The van der Waals surface area contributed by atoms with Gasteiger partial charge in [0.2, 0.25) is 0 Å². The Morgan fingerprint density at radius 2 is 1.96 bits per heavy atom. The number of fused-ring (bicyclic) bond motifs is 1. The van der Waals surface area contributed by atoms with Gasteiger partial charge in [0.25, 0.3) is 0 Å². The van der Waals surface area contributed by atoms with Crippen LogP contribution in [0.15, 0.2) is 60.3 Å². The minimum absolute atomic E-state index is 0.127. The number of hydrogen-bond donors (Lipinski definition) is 0. The first-order valence-corrected chi connectivity index (χ1v) is 9.79. The Bertz CT molecular complexity index is 884. The van der Waals surface area contributed by atoms with E-state index in [2.05, 4.69) is 42.3 Å². The molecule has 0 spiro atoms. The molecule has 0 amide bonds. The van der Waals surface area contributed by atoms with Crippen molar-refractivity contribution in [1.82, 2.24) is 4.90 Å². The van der Waals surface area contributed by atoms with Crippen LogP contribution >= 0.6 is 0 Å². The third kappa shape index (κ3) is 4.08. The zero-order valence-electron chi connectivity index (χ0n) is 15.9. The summed E-state index contributed by atoms with van der Waals surface area (Å²) in [6.07, 6.45) is 8.08. The molecule has 3 heteroatoms. The van der Waals surface area contributed by atoms with Gasteiger partial charge in [-0.1, -0.05) is 24.3 Å². The lowest BCUT2D eigenvalue weighted by molar-refractivity contribution is 0.310. The molecule has 0 fully saturated rings. The SMILES string of the molecule is CC1=C(CN2C=CC2)CCc2cc(OCCCc3ccccc3F)ccc21. The predicted octanol–water partition coefficient (Wildman–Crippen LogP) is 5.39. The van der Waals surface area contributed by atoms with Crippen LogP contribution in [0.5, 0.6) is 5.75 Å². The highest BCUT2D eigenvalue weighted by Crippen LogP contribution is 2.34. The lowest BCUT2D eigenvalue weighted by atomic mass is 9.86. The van der Waals surface area contributed by atoms with Crippen molar-refractivity contribution in [2.45, 2.75) is 32.6 Å². The molecular formula is C24H26FNO. The molecule has 0 bridgehead atoms. The average molecular weight is 363 g/mol. The van der Waals surface area contributed by atoms with Gasteiger partial charge in [0, 0.05) is 13.1 Å². The van der Waals surface area contributed by atoms with E-state index < -0.39 is 0 Å². The summed E-state index contributed by atoms with van der Waals surface area (Å²) < 4.78 is 19.6. The minimum atomic E-state index is -0.127. The summed E-state index contributed by atoms with van der Waals surface area (Å²) in [7, 11) is 0. The van der Waals surface area contributed by atoms with E-state index in [0.29, 0.717) is 13.0 Å². The molecule has 0 saturated carbocycles. The quantitative estimate of drug-likeness (QED) is 0.612. The highest BCUT2D eigenvalue weighted by molar-refractivity contribution is 5.72. The van der Waals surface area contributed by atoms with E-state index in [1.54, 1.807) is 11.6 Å². The van der Waals surface area contributed by atoms with Crippen molar-refractivity contribution < 1.29 is 9.13 Å². The zero-order valence-corrected chi connectivity index (χ0v) is 15.9. The number of nitrogens with zero attached hydrogens (tertiary/aromatic N) is 1. The van der Waals surface area contributed by atoms with Gasteiger partial charge in [-0.3, -0.25) is 0 Å². The largest absolute Gasteiger partial charge is 0.494 e. The molecule has 0 aromatic heterocycles. The van der Waals surface area contributed by atoms with Gasteiger partial charge in [0.05, 0.1) is 6.61 Å². The molecule has 4 rings (SSSR count). The molecule has 1 aliphatic carbocycles. The molecule has 2 aliphatic rings. The fourth-order valence-corrected chi connectivity index (χ4v) is 3.86. The molecule has 0 N–H and O–H groups in total. The molecule has 0 unspecified atom stereocenters. The van der Waals surface area contributed by atoms with Crippen molar-refractivity contribution in [2.75, 3.05) is 19.7 Å². The van der Waals surface area contributed by atoms with E-state index in [4.69, 9.17) is 4.74 Å². The maximum Gasteiger partial charge on any atom is 0.126 e. The molecule has 2 aromatic rings. The van der Waals surface area contributed by atoms with E-state index in [-0.39, 0.29) is 5.82 Å². The van der Waals surface area contributed by atoms with Gasteiger partial charge >= 0.3 is 0 Å². The molecule has 0 radical (unpaired) electrons. The second-order valence-corrected chi connectivity index (χ2v) is 7.41. The van der Waals surface area contributed by atoms with Gasteiger partial charge in [-0.2, -0.15) is 0 Å². The van der Waals surface area contributed by atoms with Gasteiger partial charge in [-0.15, -0.1) is 0 Å². The van der Waals surface area contributed by atoms with Crippen molar-refractivity contribution in [3.8, 4) is 5.75 Å². The maximum absolute atomic E-state index is 13.7. The van der Waals surface area contributed by atoms with Crippen molar-refractivity contribution >= 4 is 5.57 Å². The van der Waals surface area contributed by atoms with Gasteiger partial charge in [0.15, 0.2) is 0 Å². The second kappa shape index (κ2) is 7.99. The van der Waals surface area contributed by atoms with Crippen LogP contribution in [0.3, 0.4) is 0 Å². The van der Waals surface area contributed by atoms with Crippen molar-refractivity contribution in [1.29, 1.82) is 0 Å². The lowest BCUT2D eigenvalue weighted by Crippen LogP contribution is -2.27. The highest BCUT2D eigenvalue weighted by Gasteiger charge is 2.18. The molecule has 2 nitrogen and oxygen atoms in total. The number of benzene rings is 2. The second-order valence-electron chi connectivity index (χ2n) is 7.41. The normalized spacial score (nSPS) is 15.6. The van der Waals surface area contributed by atoms with Crippen LogP contribution in [-0.2, 0) is 12.8 Å². The van der Waals surface area contributed by atoms with Gasteiger partial charge in [-0.25, -0.2) is 4.39 Å². The van der Waals surface area contributed by atoms with Crippen molar-refractivity contribution in [3.63, 3.8) is 0 Å². The van der Waals surface area contributed by atoms with E-state index in [9.17, 15) is 4.39 Å². The predicted molar refractivity (Wildman–Crippen MR) is 108 cm³/mol. The molecule has 1 heterocycles. The summed E-state index contributed by atoms with van der Waals surface area (Å²) in [4.78, 5) is 2.36. The summed E-state index contributed by atoms with van der Waals surface area (Å²) in [6.45, 7) is 4.97. The van der Waals surface area contributed by atoms with E-state index in [0.717, 1.165) is 43.7 Å². The van der Waals surface area contributed by atoms with Crippen LogP contribution in [0, 0.1) is 5.82 Å². The van der Waals surface area contributed by atoms with Crippen LogP contribution in [0.1, 0.15) is 36.5 Å². The zero-order chi connectivity index (χ0) is 18.6. The van der Waals surface area contributed by atoms with Crippen LogP contribution in [0.4, 0.5) is 4.39 Å². The molecule has 1 aliphatic heterocycles. The smallest absolute Gasteiger partial charge is 0.126 e. The Hall–Kier alpha value is -2.55. The van der Waals surface area contributed by atoms with Crippen LogP contribution in [0.25, 0.3) is 5.57 Å². The maximum atomic E-state index is 13.7. The van der Waals surface area contributed by atoms with E-state index in [1.165, 1.54) is 22.8 Å². The van der Waals surface area contributed by atoms with Crippen molar-refractivity contribution in [2.24, 2.45) is 0 Å². The van der Waals surface area contributed by atoms with Crippen molar-refractivity contribution in [3.05, 3.63) is 82.8 Å². The number of hydrogen-bond acceptors (Lipinski definition) is 2. The Morgan fingerprint density at radius 3 is 2.74 bits per heavy atom. The van der Waals surface area contributed by atoms with E-state index >= 15 is 0 Å².